The average Bonchev–Trinajstić information content (AvgIpc) is 1.19. The minimum atomic E-state index is -4.67. The molecule has 0 aromatic carbocycles. The molecule has 0 heterocycles. The molecule has 0 aromatic heterocycles. The van der Waals surface area contributed by atoms with E-state index >= 15 is 0 Å². The topological polar surface area (TPSA) is 132 Å². The summed E-state index contributed by atoms with van der Waals surface area (Å²) in [6.45, 7) is 0. The van der Waals surface area contributed by atoms with Crippen LogP contribution in [0.25, 0.3) is 0 Å². The Morgan fingerprint density at radius 3 is 1.18 bits per heavy atom. The van der Waals surface area contributed by atoms with E-state index in [1.54, 1.807) is 0 Å². The number of rotatable bonds is 0. The zero-order valence-corrected chi connectivity index (χ0v) is 9.52. The van der Waals surface area contributed by atoms with Crippen molar-refractivity contribution in [3.63, 3.8) is 0 Å². The molecule has 0 saturated heterocycles. The van der Waals surface area contributed by atoms with Crippen molar-refractivity contribution in [2.24, 2.45) is 0 Å². The second kappa shape index (κ2) is 10.9. The van der Waals surface area contributed by atoms with Gasteiger partial charge in [-0.3, -0.25) is 9.11 Å². The van der Waals surface area contributed by atoms with Gasteiger partial charge < -0.3 is 11.6 Å². The molecule has 0 saturated carbocycles. The van der Waals surface area contributed by atoms with Gasteiger partial charge in [0, 0.05) is 22.4 Å². The zero-order valence-electron chi connectivity index (χ0n) is 6.22. The molecule has 1 radical (unpaired) electrons. The van der Waals surface area contributed by atoms with E-state index in [2.05, 4.69) is 0 Å². The maximum Gasteiger partial charge on any atom is 1.00 e. The molecule has 0 rings (SSSR count). The predicted molar refractivity (Wildman–Crippen MR) is 25.9 cm³/mol. The molecule has 0 amide bonds. The van der Waals surface area contributed by atoms with Crippen molar-refractivity contribution in [2.75, 3.05) is 0 Å². The van der Waals surface area contributed by atoms with Crippen LogP contribution in [0.5, 0.6) is 0 Å². The van der Waals surface area contributed by atoms with Gasteiger partial charge in [0.25, 0.3) is 0 Å². The maximum atomic E-state index is 8.74. The molecule has 0 atom stereocenters. The van der Waals surface area contributed by atoms with Crippen LogP contribution in [0, 0.1) is 0 Å². The van der Waals surface area contributed by atoms with Crippen LogP contribution >= 0.6 is 0 Å². The molecule has 0 aliphatic carbocycles. The van der Waals surface area contributed by atoms with Gasteiger partial charge in [0.1, 0.15) is 0 Å². The summed E-state index contributed by atoms with van der Waals surface area (Å²) < 4.78 is 31.6. The van der Waals surface area contributed by atoms with Crippen molar-refractivity contribution >= 4 is 16.6 Å². The quantitative estimate of drug-likeness (QED) is 0.271. The summed E-state index contributed by atoms with van der Waals surface area (Å²) in [5.41, 5.74) is 0. The van der Waals surface area contributed by atoms with Crippen LogP contribution in [0.15, 0.2) is 0 Å². The maximum absolute atomic E-state index is 8.74. The van der Waals surface area contributed by atoms with E-state index in [4.69, 9.17) is 32.5 Å². The molecule has 4 N–H and O–H groups in total. The summed E-state index contributed by atoms with van der Waals surface area (Å²) in [5.74, 6) is 0. The molecule has 7 nitrogen and oxygen atoms in total. The molecule has 0 fully saturated rings. The third-order valence-corrected chi connectivity index (χ3v) is 0. The second-order valence-corrected chi connectivity index (χ2v) is 1.63. The van der Waals surface area contributed by atoms with Crippen LogP contribution < -0.4 is 29.6 Å². The molecule has 0 aliphatic heterocycles. The van der Waals surface area contributed by atoms with Crippen LogP contribution in [0.3, 0.4) is 0 Å². The first kappa shape index (κ1) is 22.6. The molecule has 69 valence electrons. The van der Waals surface area contributed by atoms with Gasteiger partial charge in [0.2, 0.25) is 0 Å². The zero-order chi connectivity index (χ0) is 8.08. The number of carboxylic acid groups (broad SMARTS) is 2. The molecule has 0 aromatic rings. The van der Waals surface area contributed by atoms with E-state index < -0.39 is 16.6 Å². The Balaban J connectivity index is -0.0000000221. The Morgan fingerprint density at radius 2 is 1.18 bits per heavy atom. The first-order valence-electron chi connectivity index (χ1n) is 1.35. The van der Waals surface area contributed by atoms with Crippen LogP contribution in [-0.4, -0.2) is 33.9 Å². The van der Waals surface area contributed by atoms with E-state index in [0.29, 0.717) is 0 Å². The Hall–Kier alpha value is 0.880. The first-order valence-corrected chi connectivity index (χ1v) is 2.75. The van der Waals surface area contributed by atoms with Gasteiger partial charge in [-0.15, -0.1) is 0 Å². The molecular formula is CH5AgNaO7S. The van der Waals surface area contributed by atoms with Gasteiger partial charge in [0.15, 0.2) is 0 Å². The summed E-state index contributed by atoms with van der Waals surface area (Å²) in [6.07, 6.45) is -1.83. The fourth-order valence-electron chi connectivity index (χ4n) is 0. The Labute approximate surface area is 102 Å². The standard InChI is InChI=1S/CH2O3.Ag.Na.H2O4S.H/c2-1(3)4;;;1-5(2,3)4;/h(H2,2,3,4);;;(H2,1,2,3,4);/q;;+1;;-1. The predicted octanol–water partition coefficient (Wildman–Crippen LogP) is -3.32. The Bertz CT molecular complexity index is 166. The van der Waals surface area contributed by atoms with E-state index in [9.17, 15) is 0 Å². The summed E-state index contributed by atoms with van der Waals surface area (Å²) in [6, 6.07) is 0. The fourth-order valence-corrected chi connectivity index (χ4v) is 0. The van der Waals surface area contributed by atoms with Crippen LogP contribution in [0.4, 0.5) is 4.79 Å². The van der Waals surface area contributed by atoms with Gasteiger partial charge in [-0.05, 0) is 0 Å². The third-order valence-electron chi connectivity index (χ3n) is 0. The number of carbonyl (C=O) groups is 1. The molecule has 0 bridgehead atoms. The number of hydrogen-bond donors (Lipinski definition) is 4. The molecule has 0 aliphatic rings. The van der Waals surface area contributed by atoms with Crippen molar-refractivity contribution in [3.05, 3.63) is 0 Å². The van der Waals surface area contributed by atoms with Gasteiger partial charge in [-0.25, -0.2) is 4.79 Å². The van der Waals surface area contributed by atoms with Gasteiger partial charge in [-0.1, -0.05) is 0 Å². The second-order valence-electron chi connectivity index (χ2n) is 0.730. The van der Waals surface area contributed by atoms with Crippen molar-refractivity contribution in [2.45, 2.75) is 0 Å². The summed E-state index contributed by atoms with van der Waals surface area (Å²) >= 11 is 0. The molecule has 10 heteroatoms. The average molecular weight is 292 g/mol. The summed E-state index contributed by atoms with van der Waals surface area (Å²) in [4.78, 5) is 8.56. The van der Waals surface area contributed by atoms with Crippen LogP contribution in [0.2, 0.25) is 0 Å². The first-order chi connectivity index (χ1) is 3.73. The summed E-state index contributed by atoms with van der Waals surface area (Å²) in [7, 11) is -4.67. The third kappa shape index (κ3) is 1110. The van der Waals surface area contributed by atoms with Crippen LogP contribution in [0.1, 0.15) is 1.43 Å². The van der Waals surface area contributed by atoms with Crippen molar-refractivity contribution in [1.29, 1.82) is 0 Å². The largest absolute Gasteiger partial charge is 1.00 e. The van der Waals surface area contributed by atoms with E-state index in [1.807, 2.05) is 0 Å². The number of hydrogen-bond acceptors (Lipinski definition) is 3. The molecule has 0 unspecified atom stereocenters. The smallest absolute Gasteiger partial charge is 1.00 e. The normalized spacial score (nSPS) is 7.45. The monoisotopic (exact) mass is 291 g/mol. The Morgan fingerprint density at radius 1 is 1.18 bits per heavy atom. The van der Waals surface area contributed by atoms with Crippen molar-refractivity contribution < 1.29 is 85.9 Å². The Kier molecular flexibility index (Phi) is 22.4. The van der Waals surface area contributed by atoms with Crippen molar-refractivity contribution in [3.8, 4) is 0 Å². The molecular weight excluding hydrogens is 287 g/mol. The summed E-state index contributed by atoms with van der Waals surface area (Å²) in [5, 5.41) is 13.9. The van der Waals surface area contributed by atoms with E-state index in [0.717, 1.165) is 0 Å². The molecule has 11 heavy (non-hydrogen) atoms. The fraction of sp³-hybridized carbons (Fsp3) is 0. The van der Waals surface area contributed by atoms with Gasteiger partial charge in [-0.2, -0.15) is 8.42 Å². The van der Waals surface area contributed by atoms with Crippen LogP contribution in [-0.2, 0) is 32.8 Å². The van der Waals surface area contributed by atoms with E-state index in [1.165, 1.54) is 0 Å². The minimum absolute atomic E-state index is 0. The van der Waals surface area contributed by atoms with E-state index in [-0.39, 0.29) is 53.4 Å². The SMILES string of the molecule is O=C(O)O.O=S(=O)(O)O.[Ag].[H-].[Na+]. The molecule has 0 spiro atoms. The van der Waals surface area contributed by atoms with Gasteiger partial charge in [0.05, 0.1) is 0 Å². The minimum Gasteiger partial charge on any atom is -1.00 e. The van der Waals surface area contributed by atoms with Gasteiger partial charge >= 0.3 is 46.1 Å². The van der Waals surface area contributed by atoms with Crippen molar-refractivity contribution in [1.82, 2.24) is 0 Å².